The van der Waals surface area contributed by atoms with Gasteiger partial charge in [-0.3, -0.25) is 4.79 Å². The molecule has 1 heterocycles. The van der Waals surface area contributed by atoms with Gasteiger partial charge in [0.2, 0.25) is 0 Å². The van der Waals surface area contributed by atoms with E-state index in [9.17, 15) is 9.59 Å². The van der Waals surface area contributed by atoms with E-state index in [1.54, 1.807) is 11.9 Å². The molecule has 1 fully saturated rings. The van der Waals surface area contributed by atoms with E-state index in [0.29, 0.717) is 18.9 Å². The number of urea groups is 1. The molecule has 1 aromatic rings. The molecule has 1 aliphatic heterocycles. The highest BCUT2D eigenvalue weighted by Gasteiger charge is 2.26. The zero-order valence-electron chi connectivity index (χ0n) is 10.4. The molecule has 1 aliphatic carbocycles. The van der Waals surface area contributed by atoms with Gasteiger partial charge in [0.05, 0.1) is 0 Å². The lowest BCUT2D eigenvalue weighted by Crippen LogP contribution is -2.35. The van der Waals surface area contributed by atoms with Gasteiger partial charge in [0, 0.05) is 31.3 Å². The van der Waals surface area contributed by atoms with Crippen LogP contribution in [0.1, 0.15) is 35.2 Å². The van der Waals surface area contributed by atoms with Crippen molar-refractivity contribution in [3.05, 3.63) is 29.3 Å². The van der Waals surface area contributed by atoms with Gasteiger partial charge in [0.1, 0.15) is 0 Å². The van der Waals surface area contributed by atoms with Gasteiger partial charge >= 0.3 is 6.03 Å². The Balaban J connectivity index is 1.83. The van der Waals surface area contributed by atoms with Crippen molar-refractivity contribution in [2.24, 2.45) is 5.92 Å². The predicted octanol–water partition coefficient (Wildman–Crippen LogP) is 2.65. The van der Waals surface area contributed by atoms with E-state index in [1.165, 1.54) is 12.8 Å². The number of nitrogens with one attached hydrogen (secondary N) is 1. The number of amides is 2. The van der Waals surface area contributed by atoms with E-state index >= 15 is 0 Å². The lowest BCUT2D eigenvalue weighted by Gasteiger charge is -2.26. The van der Waals surface area contributed by atoms with Gasteiger partial charge in [-0.1, -0.05) is 0 Å². The second-order valence-corrected chi connectivity index (χ2v) is 5.23. The number of Topliss-reactive ketones (excluding diaryl/α,β-unsaturated/α-hetero) is 1. The molecule has 4 nitrogen and oxygen atoms in total. The number of ketones is 1. The molecule has 0 spiro atoms. The Bertz CT molecular complexity index is 521. The lowest BCUT2D eigenvalue weighted by molar-refractivity contribution is 0.0976. The Morgan fingerprint density at radius 3 is 2.94 bits per heavy atom. The fourth-order valence-corrected chi connectivity index (χ4v) is 2.26. The maximum atomic E-state index is 12.0. The number of nitrogens with zero attached hydrogens (tertiary/aromatic N) is 1. The van der Waals surface area contributed by atoms with Crippen LogP contribution in [-0.4, -0.2) is 23.8 Å². The second-order valence-electron chi connectivity index (χ2n) is 5.23. The van der Waals surface area contributed by atoms with Crippen molar-refractivity contribution >= 4 is 17.5 Å². The Morgan fingerprint density at radius 2 is 2.22 bits per heavy atom. The number of carbonyl (C=O) groups excluding carboxylic acids is 2. The predicted molar refractivity (Wildman–Crippen MR) is 68.6 cm³/mol. The number of benzene rings is 1. The van der Waals surface area contributed by atoms with Crippen molar-refractivity contribution in [2.75, 3.05) is 12.4 Å². The first-order chi connectivity index (χ1) is 8.63. The van der Waals surface area contributed by atoms with Crippen molar-refractivity contribution in [3.8, 4) is 0 Å². The molecule has 2 aliphatic rings. The lowest BCUT2D eigenvalue weighted by atomic mass is 10.0. The summed E-state index contributed by atoms with van der Waals surface area (Å²) in [5.41, 5.74) is 2.60. The van der Waals surface area contributed by atoms with Crippen molar-refractivity contribution in [2.45, 2.75) is 25.8 Å². The highest BCUT2D eigenvalue weighted by molar-refractivity contribution is 5.98. The third-order valence-electron chi connectivity index (χ3n) is 3.59. The smallest absolute Gasteiger partial charge is 0.321 e. The summed E-state index contributed by atoms with van der Waals surface area (Å²) in [5.74, 6) is 0.829. The zero-order chi connectivity index (χ0) is 12.7. The van der Waals surface area contributed by atoms with Crippen LogP contribution < -0.4 is 5.32 Å². The summed E-state index contributed by atoms with van der Waals surface area (Å²) in [4.78, 5) is 25.1. The summed E-state index contributed by atoms with van der Waals surface area (Å²) in [5, 5.41) is 2.80. The second kappa shape index (κ2) is 4.12. The highest BCUT2D eigenvalue weighted by Crippen LogP contribution is 2.34. The van der Waals surface area contributed by atoms with Gasteiger partial charge < -0.3 is 10.2 Å². The van der Waals surface area contributed by atoms with E-state index < -0.39 is 0 Å². The Labute approximate surface area is 106 Å². The molecule has 0 aromatic heterocycles. The zero-order valence-corrected chi connectivity index (χ0v) is 10.4. The number of hydrogen-bond donors (Lipinski definition) is 1. The SMILES string of the molecule is CN1Cc2cc(C(=O)CC3CC3)ccc2NC1=O. The number of fused-ring (bicyclic) bond motifs is 1. The van der Waals surface area contributed by atoms with Crippen molar-refractivity contribution in [1.82, 2.24) is 4.90 Å². The van der Waals surface area contributed by atoms with E-state index in [-0.39, 0.29) is 11.8 Å². The number of rotatable bonds is 3. The van der Waals surface area contributed by atoms with Crippen LogP contribution in [0, 0.1) is 5.92 Å². The molecule has 1 N–H and O–H groups in total. The van der Waals surface area contributed by atoms with Crippen LogP contribution in [-0.2, 0) is 6.54 Å². The number of carbonyl (C=O) groups is 2. The minimum absolute atomic E-state index is 0.0976. The standard InChI is InChI=1S/C14H16N2O2/c1-16-8-11-7-10(13(17)6-9-2-3-9)4-5-12(11)15-14(16)18/h4-5,7,9H,2-3,6,8H2,1H3,(H,15,18). The summed E-state index contributed by atoms with van der Waals surface area (Å²) < 4.78 is 0. The fraction of sp³-hybridized carbons (Fsp3) is 0.429. The summed E-state index contributed by atoms with van der Waals surface area (Å²) in [6, 6.07) is 5.46. The maximum Gasteiger partial charge on any atom is 0.321 e. The molecular weight excluding hydrogens is 228 g/mol. The van der Waals surface area contributed by atoms with Gasteiger partial charge in [-0.25, -0.2) is 4.79 Å². The van der Waals surface area contributed by atoms with Crippen LogP contribution in [0.5, 0.6) is 0 Å². The topological polar surface area (TPSA) is 49.4 Å². The van der Waals surface area contributed by atoms with Crippen LogP contribution in [0.25, 0.3) is 0 Å². The Kier molecular flexibility index (Phi) is 2.58. The molecule has 4 heteroatoms. The molecule has 0 unspecified atom stereocenters. The average Bonchev–Trinajstić information content (AvgIpc) is 3.14. The van der Waals surface area contributed by atoms with Crippen LogP contribution in [0.4, 0.5) is 10.5 Å². The molecule has 0 radical (unpaired) electrons. The van der Waals surface area contributed by atoms with Crippen LogP contribution in [0.2, 0.25) is 0 Å². The number of anilines is 1. The monoisotopic (exact) mass is 244 g/mol. The van der Waals surface area contributed by atoms with E-state index in [0.717, 1.165) is 16.8 Å². The molecule has 0 atom stereocenters. The summed E-state index contributed by atoms with van der Waals surface area (Å²) >= 11 is 0. The Hall–Kier alpha value is -1.84. The molecule has 94 valence electrons. The molecule has 2 amide bonds. The molecule has 1 saturated carbocycles. The Morgan fingerprint density at radius 1 is 1.44 bits per heavy atom. The largest absolute Gasteiger partial charge is 0.323 e. The van der Waals surface area contributed by atoms with E-state index in [4.69, 9.17) is 0 Å². The molecule has 0 bridgehead atoms. The molecule has 0 saturated heterocycles. The first-order valence-corrected chi connectivity index (χ1v) is 6.32. The van der Waals surface area contributed by atoms with Gasteiger partial charge in [-0.2, -0.15) is 0 Å². The summed E-state index contributed by atoms with van der Waals surface area (Å²) in [6.07, 6.45) is 3.05. The highest BCUT2D eigenvalue weighted by atomic mass is 16.2. The fourth-order valence-electron chi connectivity index (χ4n) is 2.26. The minimum Gasteiger partial charge on any atom is -0.323 e. The minimum atomic E-state index is -0.0976. The van der Waals surface area contributed by atoms with Crippen molar-refractivity contribution < 1.29 is 9.59 Å². The van der Waals surface area contributed by atoms with Crippen LogP contribution in [0.3, 0.4) is 0 Å². The summed E-state index contributed by atoms with van der Waals surface area (Å²) in [7, 11) is 1.75. The van der Waals surface area contributed by atoms with Crippen molar-refractivity contribution in [1.29, 1.82) is 0 Å². The van der Waals surface area contributed by atoms with Gasteiger partial charge in [0.15, 0.2) is 5.78 Å². The summed E-state index contributed by atoms with van der Waals surface area (Å²) in [6.45, 7) is 0.561. The molecule has 3 rings (SSSR count). The third kappa shape index (κ3) is 2.10. The van der Waals surface area contributed by atoms with Crippen LogP contribution in [0.15, 0.2) is 18.2 Å². The van der Waals surface area contributed by atoms with Gasteiger partial charge in [0.25, 0.3) is 0 Å². The first-order valence-electron chi connectivity index (χ1n) is 6.32. The van der Waals surface area contributed by atoms with E-state index in [1.807, 2.05) is 18.2 Å². The average molecular weight is 244 g/mol. The molecule has 1 aromatic carbocycles. The third-order valence-corrected chi connectivity index (χ3v) is 3.59. The van der Waals surface area contributed by atoms with Gasteiger partial charge in [-0.15, -0.1) is 0 Å². The molecule has 18 heavy (non-hydrogen) atoms. The molecular formula is C14H16N2O2. The van der Waals surface area contributed by atoms with Crippen molar-refractivity contribution in [3.63, 3.8) is 0 Å². The van der Waals surface area contributed by atoms with Crippen LogP contribution >= 0.6 is 0 Å². The maximum absolute atomic E-state index is 12.0. The first kappa shape index (κ1) is 11.3. The van der Waals surface area contributed by atoms with E-state index in [2.05, 4.69) is 5.32 Å². The van der Waals surface area contributed by atoms with Gasteiger partial charge in [-0.05, 0) is 42.5 Å². The quantitative estimate of drug-likeness (QED) is 0.831. The normalized spacial score (nSPS) is 18.3. The number of hydrogen-bond acceptors (Lipinski definition) is 2.